The number of aliphatic hydroxyl groups excluding tert-OH is 1. The molecule has 3 nitrogen and oxygen atoms in total. The summed E-state index contributed by atoms with van der Waals surface area (Å²) in [7, 11) is 0. The maximum absolute atomic E-state index is 12.0. The third-order valence-corrected chi connectivity index (χ3v) is 3.53. The average molecular weight is 247 g/mol. The molecule has 2 atom stereocenters. The summed E-state index contributed by atoms with van der Waals surface area (Å²) in [6, 6.07) is 7.89. The van der Waals surface area contributed by atoms with Gasteiger partial charge < -0.3 is 5.11 Å². The molecule has 3 heteroatoms. The first-order valence-electron chi connectivity index (χ1n) is 6.42. The van der Waals surface area contributed by atoms with Crippen molar-refractivity contribution >= 4 is 11.6 Å². The van der Waals surface area contributed by atoms with Crippen LogP contribution in [-0.2, 0) is 10.2 Å². The van der Waals surface area contributed by atoms with Crippen LogP contribution in [0.15, 0.2) is 24.3 Å². The molecule has 98 valence electrons. The molecule has 0 bridgehead atoms. The Morgan fingerprint density at radius 2 is 1.78 bits per heavy atom. The van der Waals surface area contributed by atoms with Crippen LogP contribution in [0, 0.1) is 5.92 Å². The monoisotopic (exact) mass is 247 g/mol. The standard InChI is InChI=1S/C15H21NO2/c1-10-9-13(17)16(14(10)18)12-7-5-11(6-8-12)15(2,3)4/h5-8,10,13,17H,9H2,1-4H3. The Hall–Kier alpha value is -1.35. The first kappa shape index (κ1) is 13.1. The highest BCUT2D eigenvalue weighted by Crippen LogP contribution is 2.31. The Kier molecular flexibility index (Phi) is 3.20. The van der Waals surface area contributed by atoms with E-state index in [1.165, 1.54) is 10.5 Å². The van der Waals surface area contributed by atoms with E-state index in [1.807, 2.05) is 31.2 Å². The fraction of sp³-hybridized carbons (Fsp3) is 0.533. The highest BCUT2D eigenvalue weighted by atomic mass is 16.3. The predicted molar refractivity (Wildman–Crippen MR) is 72.4 cm³/mol. The zero-order chi connectivity index (χ0) is 13.5. The molecule has 0 aromatic heterocycles. The van der Waals surface area contributed by atoms with Crippen LogP contribution < -0.4 is 4.90 Å². The molecule has 1 saturated heterocycles. The smallest absolute Gasteiger partial charge is 0.232 e. The molecule has 1 heterocycles. The molecule has 1 N–H and O–H groups in total. The van der Waals surface area contributed by atoms with Crippen molar-refractivity contribution in [2.24, 2.45) is 5.92 Å². The lowest BCUT2D eigenvalue weighted by molar-refractivity contribution is -0.120. The Bertz CT molecular complexity index is 445. The molecule has 2 unspecified atom stereocenters. The van der Waals surface area contributed by atoms with Crippen LogP contribution in [0.25, 0.3) is 0 Å². The second-order valence-corrected chi connectivity index (χ2v) is 6.12. The van der Waals surface area contributed by atoms with E-state index in [-0.39, 0.29) is 17.2 Å². The summed E-state index contributed by atoms with van der Waals surface area (Å²) < 4.78 is 0. The van der Waals surface area contributed by atoms with Gasteiger partial charge in [0.25, 0.3) is 0 Å². The van der Waals surface area contributed by atoms with E-state index in [2.05, 4.69) is 20.8 Å². The summed E-state index contributed by atoms with van der Waals surface area (Å²) in [4.78, 5) is 13.5. The van der Waals surface area contributed by atoms with E-state index < -0.39 is 6.23 Å². The van der Waals surface area contributed by atoms with Gasteiger partial charge in [0.1, 0.15) is 6.23 Å². The highest BCUT2D eigenvalue weighted by Gasteiger charge is 2.36. The molecule has 2 rings (SSSR count). The Labute approximate surface area is 108 Å². The van der Waals surface area contributed by atoms with Crippen molar-refractivity contribution in [2.45, 2.75) is 45.8 Å². The molecule has 1 aromatic rings. The normalized spacial score (nSPS) is 24.7. The number of aliphatic hydroxyl groups is 1. The minimum Gasteiger partial charge on any atom is -0.373 e. The molecule has 18 heavy (non-hydrogen) atoms. The zero-order valence-corrected chi connectivity index (χ0v) is 11.5. The van der Waals surface area contributed by atoms with Crippen molar-refractivity contribution in [1.29, 1.82) is 0 Å². The molecule has 0 aliphatic carbocycles. The van der Waals surface area contributed by atoms with E-state index >= 15 is 0 Å². The van der Waals surface area contributed by atoms with E-state index in [4.69, 9.17) is 0 Å². The van der Waals surface area contributed by atoms with Crippen LogP contribution in [0.1, 0.15) is 39.7 Å². The van der Waals surface area contributed by atoms with Crippen molar-refractivity contribution in [2.75, 3.05) is 4.90 Å². The number of rotatable bonds is 1. The second kappa shape index (κ2) is 4.39. The summed E-state index contributed by atoms with van der Waals surface area (Å²) in [5.41, 5.74) is 2.10. The number of hydrogen-bond acceptors (Lipinski definition) is 2. The summed E-state index contributed by atoms with van der Waals surface area (Å²) in [6.45, 7) is 8.31. The van der Waals surface area contributed by atoms with Crippen LogP contribution in [-0.4, -0.2) is 17.2 Å². The van der Waals surface area contributed by atoms with E-state index in [0.29, 0.717) is 6.42 Å². The first-order chi connectivity index (χ1) is 8.30. The molecule has 1 aliphatic heterocycles. The Balaban J connectivity index is 2.28. The molecule has 0 spiro atoms. The molecule has 1 fully saturated rings. The van der Waals surface area contributed by atoms with E-state index in [0.717, 1.165) is 5.69 Å². The fourth-order valence-electron chi connectivity index (χ4n) is 2.33. The van der Waals surface area contributed by atoms with Gasteiger partial charge in [-0.25, -0.2) is 0 Å². The van der Waals surface area contributed by atoms with E-state index in [1.54, 1.807) is 0 Å². The van der Waals surface area contributed by atoms with Gasteiger partial charge in [0.05, 0.1) is 0 Å². The lowest BCUT2D eigenvalue weighted by Crippen LogP contribution is -2.33. The fourth-order valence-corrected chi connectivity index (χ4v) is 2.33. The summed E-state index contributed by atoms with van der Waals surface area (Å²) >= 11 is 0. The molecule has 1 aliphatic rings. The van der Waals surface area contributed by atoms with Gasteiger partial charge in [-0.3, -0.25) is 9.69 Å². The number of anilines is 1. The number of hydrogen-bond donors (Lipinski definition) is 1. The van der Waals surface area contributed by atoms with Crippen molar-refractivity contribution in [1.82, 2.24) is 0 Å². The maximum Gasteiger partial charge on any atom is 0.232 e. The summed E-state index contributed by atoms with van der Waals surface area (Å²) in [5, 5.41) is 9.92. The quantitative estimate of drug-likeness (QED) is 0.829. The molecule has 0 saturated carbocycles. The first-order valence-corrected chi connectivity index (χ1v) is 6.42. The van der Waals surface area contributed by atoms with Crippen LogP contribution in [0.2, 0.25) is 0 Å². The minimum absolute atomic E-state index is 0.00556. The SMILES string of the molecule is CC1CC(O)N(c2ccc(C(C)(C)C)cc2)C1=O. The second-order valence-electron chi connectivity index (χ2n) is 6.12. The van der Waals surface area contributed by atoms with E-state index in [9.17, 15) is 9.90 Å². The molecule has 1 amide bonds. The molecular formula is C15H21NO2. The number of benzene rings is 1. The maximum atomic E-state index is 12.0. The Morgan fingerprint density at radius 3 is 2.17 bits per heavy atom. The minimum atomic E-state index is -0.687. The van der Waals surface area contributed by atoms with Gasteiger partial charge in [-0.1, -0.05) is 39.8 Å². The van der Waals surface area contributed by atoms with Crippen molar-refractivity contribution in [3.63, 3.8) is 0 Å². The summed E-state index contributed by atoms with van der Waals surface area (Å²) in [5.74, 6) is -0.0895. The molecule has 1 aromatic carbocycles. The van der Waals surface area contributed by atoms with Crippen molar-refractivity contribution in [3.05, 3.63) is 29.8 Å². The topological polar surface area (TPSA) is 40.5 Å². The van der Waals surface area contributed by atoms with Crippen molar-refractivity contribution in [3.8, 4) is 0 Å². The van der Waals surface area contributed by atoms with Crippen LogP contribution >= 0.6 is 0 Å². The third kappa shape index (κ3) is 2.27. The third-order valence-electron chi connectivity index (χ3n) is 3.53. The van der Waals surface area contributed by atoms with Gasteiger partial charge in [-0.05, 0) is 23.1 Å². The van der Waals surface area contributed by atoms with Gasteiger partial charge in [0, 0.05) is 18.0 Å². The average Bonchev–Trinajstić information content (AvgIpc) is 2.52. The number of amides is 1. The van der Waals surface area contributed by atoms with Gasteiger partial charge >= 0.3 is 0 Å². The summed E-state index contributed by atoms with van der Waals surface area (Å²) in [6.07, 6.45) is -0.173. The zero-order valence-electron chi connectivity index (χ0n) is 11.5. The van der Waals surface area contributed by atoms with Gasteiger partial charge in [0.2, 0.25) is 5.91 Å². The molecule has 0 radical (unpaired) electrons. The highest BCUT2D eigenvalue weighted by molar-refractivity contribution is 5.97. The van der Waals surface area contributed by atoms with Gasteiger partial charge in [-0.15, -0.1) is 0 Å². The largest absolute Gasteiger partial charge is 0.373 e. The van der Waals surface area contributed by atoms with Gasteiger partial charge in [-0.2, -0.15) is 0 Å². The Morgan fingerprint density at radius 1 is 1.22 bits per heavy atom. The van der Waals surface area contributed by atoms with Gasteiger partial charge in [0.15, 0.2) is 0 Å². The van der Waals surface area contributed by atoms with Crippen LogP contribution in [0.5, 0.6) is 0 Å². The number of nitrogens with zero attached hydrogens (tertiary/aromatic N) is 1. The molecular weight excluding hydrogens is 226 g/mol. The lowest BCUT2D eigenvalue weighted by atomic mass is 9.87. The van der Waals surface area contributed by atoms with Crippen LogP contribution in [0.4, 0.5) is 5.69 Å². The predicted octanol–water partition coefficient (Wildman–Crippen LogP) is 2.68. The van der Waals surface area contributed by atoms with Crippen LogP contribution in [0.3, 0.4) is 0 Å². The number of carbonyl (C=O) groups excluding carboxylic acids is 1. The van der Waals surface area contributed by atoms with Crippen molar-refractivity contribution < 1.29 is 9.90 Å². The number of carbonyl (C=O) groups is 1. The lowest BCUT2D eigenvalue weighted by Gasteiger charge is -2.23.